The van der Waals surface area contributed by atoms with Crippen LogP contribution in [0.15, 0.2) is 24.3 Å². The van der Waals surface area contributed by atoms with Crippen LogP contribution >= 0.6 is 12.2 Å². The van der Waals surface area contributed by atoms with Gasteiger partial charge in [-0.3, -0.25) is 0 Å². The number of nitrogens with one attached hydrogen (secondary N) is 2. The number of hydrogen-bond acceptors (Lipinski definition) is 3. The van der Waals surface area contributed by atoms with Crippen molar-refractivity contribution < 1.29 is 18.3 Å². The SMILES string of the molecule is FC(F)Oc1ccc(NC(=S)NCCCOCC2CC2)cc1. The van der Waals surface area contributed by atoms with Gasteiger partial charge in [0.2, 0.25) is 0 Å². The Morgan fingerprint density at radius 1 is 1.27 bits per heavy atom. The summed E-state index contributed by atoms with van der Waals surface area (Å²) < 4.78 is 33.9. The highest BCUT2D eigenvalue weighted by molar-refractivity contribution is 7.80. The summed E-state index contributed by atoms with van der Waals surface area (Å²) in [6.45, 7) is -0.492. The van der Waals surface area contributed by atoms with Crippen LogP contribution in [0.4, 0.5) is 14.5 Å². The van der Waals surface area contributed by atoms with Gasteiger partial charge in [-0.05, 0) is 61.7 Å². The molecule has 22 heavy (non-hydrogen) atoms. The van der Waals surface area contributed by atoms with Crippen molar-refractivity contribution >= 4 is 23.0 Å². The van der Waals surface area contributed by atoms with Crippen molar-refractivity contribution in [2.24, 2.45) is 5.92 Å². The van der Waals surface area contributed by atoms with Gasteiger partial charge in [-0.2, -0.15) is 8.78 Å². The first-order valence-corrected chi connectivity index (χ1v) is 7.72. The van der Waals surface area contributed by atoms with Crippen LogP contribution in [0, 0.1) is 5.92 Å². The van der Waals surface area contributed by atoms with Crippen LogP contribution in [0.25, 0.3) is 0 Å². The Hall–Kier alpha value is -1.47. The van der Waals surface area contributed by atoms with E-state index >= 15 is 0 Å². The monoisotopic (exact) mass is 330 g/mol. The molecule has 0 bridgehead atoms. The molecule has 0 radical (unpaired) electrons. The zero-order valence-electron chi connectivity index (χ0n) is 12.2. The van der Waals surface area contributed by atoms with E-state index in [4.69, 9.17) is 17.0 Å². The number of thiocarbonyl (C=S) groups is 1. The molecule has 1 aliphatic carbocycles. The molecule has 122 valence electrons. The highest BCUT2D eigenvalue weighted by atomic mass is 32.1. The van der Waals surface area contributed by atoms with Crippen molar-refractivity contribution in [3.63, 3.8) is 0 Å². The second-order valence-corrected chi connectivity index (χ2v) is 5.56. The van der Waals surface area contributed by atoms with E-state index in [9.17, 15) is 8.78 Å². The minimum atomic E-state index is -2.82. The van der Waals surface area contributed by atoms with Crippen molar-refractivity contribution in [2.75, 3.05) is 25.1 Å². The Kier molecular flexibility index (Phi) is 6.79. The number of rotatable bonds is 9. The summed E-state index contributed by atoms with van der Waals surface area (Å²) in [5.41, 5.74) is 0.712. The maximum absolute atomic E-state index is 12.0. The van der Waals surface area contributed by atoms with E-state index in [1.807, 2.05) is 0 Å². The van der Waals surface area contributed by atoms with E-state index in [1.165, 1.54) is 25.0 Å². The second-order valence-electron chi connectivity index (χ2n) is 5.16. The molecular formula is C15H20F2N2O2S. The zero-order chi connectivity index (χ0) is 15.8. The lowest BCUT2D eigenvalue weighted by molar-refractivity contribution is -0.0498. The van der Waals surface area contributed by atoms with Crippen LogP contribution in [0.3, 0.4) is 0 Å². The summed E-state index contributed by atoms with van der Waals surface area (Å²) in [5.74, 6) is 0.903. The summed E-state index contributed by atoms with van der Waals surface area (Å²) >= 11 is 5.15. The van der Waals surface area contributed by atoms with Gasteiger partial charge in [-0.1, -0.05) is 0 Å². The van der Waals surface area contributed by atoms with E-state index in [-0.39, 0.29) is 5.75 Å². The summed E-state index contributed by atoms with van der Waals surface area (Å²) in [5, 5.41) is 6.54. The first kappa shape index (κ1) is 16.9. The molecule has 2 N–H and O–H groups in total. The molecule has 0 saturated heterocycles. The molecule has 1 aliphatic rings. The van der Waals surface area contributed by atoms with E-state index in [0.29, 0.717) is 10.8 Å². The van der Waals surface area contributed by atoms with Crippen LogP contribution in [0.2, 0.25) is 0 Å². The number of anilines is 1. The molecule has 0 heterocycles. The highest BCUT2D eigenvalue weighted by Gasteiger charge is 2.20. The molecule has 2 rings (SSSR count). The standard InChI is InChI=1S/C15H20F2N2O2S/c16-14(17)21-13-6-4-12(5-7-13)19-15(22)18-8-1-9-20-10-11-2-3-11/h4-7,11,14H,1-3,8-10H2,(H2,18,19,22). The maximum Gasteiger partial charge on any atom is 0.387 e. The number of ether oxygens (including phenoxy) is 2. The fourth-order valence-electron chi connectivity index (χ4n) is 1.81. The fourth-order valence-corrected chi connectivity index (χ4v) is 2.03. The number of alkyl halides is 2. The second kappa shape index (κ2) is 8.85. The number of halogens is 2. The molecule has 1 fully saturated rings. The Bertz CT molecular complexity index is 467. The lowest BCUT2D eigenvalue weighted by Crippen LogP contribution is -2.29. The third-order valence-electron chi connectivity index (χ3n) is 3.14. The molecule has 0 spiro atoms. The van der Waals surface area contributed by atoms with Crippen LogP contribution < -0.4 is 15.4 Å². The summed E-state index contributed by atoms with van der Waals surface area (Å²) in [6, 6.07) is 6.18. The first-order valence-electron chi connectivity index (χ1n) is 7.31. The molecule has 7 heteroatoms. The number of hydrogen-bond donors (Lipinski definition) is 2. The predicted molar refractivity (Wildman–Crippen MR) is 85.5 cm³/mol. The summed E-state index contributed by atoms with van der Waals surface area (Å²) in [7, 11) is 0. The van der Waals surface area contributed by atoms with Crippen molar-refractivity contribution in [1.29, 1.82) is 0 Å². The third kappa shape index (κ3) is 7.00. The molecule has 1 aromatic rings. The average molecular weight is 330 g/mol. The third-order valence-corrected chi connectivity index (χ3v) is 3.39. The molecule has 1 aromatic carbocycles. The van der Waals surface area contributed by atoms with Gasteiger partial charge in [0.05, 0.1) is 0 Å². The van der Waals surface area contributed by atoms with Gasteiger partial charge < -0.3 is 20.1 Å². The lowest BCUT2D eigenvalue weighted by Gasteiger charge is -2.11. The fraction of sp³-hybridized carbons (Fsp3) is 0.533. The maximum atomic E-state index is 12.0. The normalized spacial score (nSPS) is 14.0. The minimum absolute atomic E-state index is 0.118. The van der Waals surface area contributed by atoms with E-state index in [1.54, 1.807) is 12.1 Å². The quantitative estimate of drug-likeness (QED) is 0.537. The Balaban J connectivity index is 1.57. The Labute approximate surface area is 134 Å². The smallest absolute Gasteiger partial charge is 0.387 e. The molecule has 4 nitrogen and oxygen atoms in total. The van der Waals surface area contributed by atoms with Crippen LogP contribution in [-0.4, -0.2) is 31.5 Å². The van der Waals surface area contributed by atoms with Gasteiger partial charge in [-0.15, -0.1) is 0 Å². The van der Waals surface area contributed by atoms with Crippen LogP contribution in [0.5, 0.6) is 5.75 Å². The average Bonchev–Trinajstić information content (AvgIpc) is 3.28. The molecule has 0 aromatic heterocycles. The Morgan fingerprint density at radius 2 is 2.00 bits per heavy atom. The van der Waals surface area contributed by atoms with E-state index in [0.717, 1.165) is 32.1 Å². The molecule has 0 amide bonds. The number of benzene rings is 1. The summed E-state index contributed by atoms with van der Waals surface area (Å²) in [4.78, 5) is 0. The van der Waals surface area contributed by atoms with Crippen LogP contribution in [-0.2, 0) is 4.74 Å². The van der Waals surface area contributed by atoms with Gasteiger partial charge in [0, 0.05) is 25.4 Å². The first-order chi connectivity index (χ1) is 10.6. The van der Waals surface area contributed by atoms with Crippen LogP contribution in [0.1, 0.15) is 19.3 Å². The Morgan fingerprint density at radius 3 is 2.64 bits per heavy atom. The van der Waals surface area contributed by atoms with Crippen molar-refractivity contribution in [3.05, 3.63) is 24.3 Å². The van der Waals surface area contributed by atoms with Gasteiger partial charge in [0.1, 0.15) is 5.75 Å². The van der Waals surface area contributed by atoms with E-state index < -0.39 is 6.61 Å². The predicted octanol–water partition coefficient (Wildman–Crippen LogP) is 3.39. The molecular weight excluding hydrogens is 310 g/mol. The molecule has 0 atom stereocenters. The molecule has 0 unspecified atom stereocenters. The molecule has 1 saturated carbocycles. The lowest BCUT2D eigenvalue weighted by atomic mass is 10.3. The van der Waals surface area contributed by atoms with Gasteiger partial charge >= 0.3 is 6.61 Å². The topological polar surface area (TPSA) is 42.5 Å². The van der Waals surface area contributed by atoms with Crippen molar-refractivity contribution in [1.82, 2.24) is 5.32 Å². The minimum Gasteiger partial charge on any atom is -0.435 e. The van der Waals surface area contributed by atoms with E-state index in [2.05, 4.69) is 15.4 Å². The van der Waals surface area contributed by atoms with Gasteiger partial charge in [0.25, 0.3) is 0 Å². The zero-order valence-corrected chi connectivity index (χ0v) is 13.0. The molecule has 0 aliphatic heterocycles. The van der Waals surface area contributed by atoms with Gasteiger partial charge in [0.15, 0.2) is 5.11 Å². The highest BCUT2D eigenvalue weighted by Crippen LogP contribution is 2.28. The van der Waals surface area contributed by atoms with Crippen molar-refractivity contribution in [3.8, 4) is 5.75 Å². The van der Waals surface area contributed by atoms with Crippen molar-refractivity contribution in [2.45, 2.75) is 25.9 Å². The summed E-state index contributed by atoms with van der Waals surface area (Å²) in [6.07, 6.45) is 3.48. The van der Waals surface area contributed by atoms with Gasteiger partial charge in [-0.25, -0.2) is 0 Å². The largest absolute Gasteiger partial charge is 0.435 e.